The van der Waals surface area contributed by atoms with E-state index in [9.17, 15) is 4.79 Å². The van der Waals surface area contributed by atoms with E-state index in [1.54, 1.807) is 20.9 Å². The van der Waals surface area contributed by atoms with E-state index in [0.717, 1.165) is 0 Å². The van der Waals surface area contributed by atoms with Gasteiger partial charge in [-0.3, -0.25) is 9.63 Å². The molecule has 0 aromatic heterocycles. The molecule has 0 radical (unpaired) electrons. The number of amides is 1. The summed E-state index contributed by atoms with van der Waals surface area (Å²) in [6.07, 6.45) is 0. The monoisotopic (exact) mass is 160 g/mol. The van der Waals surface area contributed by atoms with Crippen LogP contribution in [0.3, 0.4) is 0 Å². The van der Waals surface area contributed by atoms with E-state index in [2.05, 4.69) is 0 Å². The van der Waals surface area contributed by atoms with E-state index in [-0.39, 0.29) is 17.9 Å². The van der Waals surface area contributed by atoms with Crippen molar-refractivity contribution in [2.24, 2.45) is 11.7 Å². The van der Waals surface area contributed by atoms with Crippen molar-refractivity contribution in [1.82, 2.24) is 5.06 Å². The molecule has 0 fully saturated rings. The predicted octanol–water partition coefficient (Wildman–Crippen LogP) is -0.0105. The minimum absolute atomic E-state index is 0.0949. The van der Waals surface area contributed by atoms with Gasteiger partial charge in [0, 0.05) is 13.1 Å². The molecule has 0 aliphatic rings. The van der Waals surface area contributed by atoms with Gasteiger partial charge in [-0.2, -0.15) is 0 Å². The highest BCUT2D eigenvalue weighted by Gasteiger charge is 2.20. The molecule has 2 atom stereocenters. The second-order valence-corrected chi connectivity index (χ2v) is 2.67. The van der Waals surface area contributed by atoms with Gasteiger partial charge in [-0.1, -0.05) is 6.92 Å². The lowest BCUT2D eigenvalue weighted by Gasteiger charge is -2.20. The second kappa shape index (κ2) is 4.31. The summed E-state index contributed by atoms with van der Waals surface area (Å²) in [5, 5.41) is 1.19. The van der Waals surface area contributed by atoms with Crippen molar-refractivity contribution < 1.29 is 9.63 Å². The topological polar surface area (TPSA) is 55.6 Å². The first kappa shape index (κ1) is 10.4. The van der Waals surface area contributed by atoms with Crippen LogP contribution in [0.5, 0.6) is 0 Å². The number of hydrogen-bond acceptors (Lipinski definition) is 3. The van der Waals surface area contributed by atoms with Crippen molar-refractivity contribution in [2.75, 3.05) is 14.2 Å². The fourth-order valence-electron chi connectivity index (χ4n) is 0.602. The number of hydrogen-bond donors (Lipinski definition) is 1. The quantitative estimate of drug-likeness (QED) is 0.591. The van der Waals surface area contributed by atoms with E-state index in [0.29, 0.717) is 0 Å². The molecule has 0 aliphatic carbocycles. The normalized spacial score (nSPS) is 15.7. The van der Waals surface area contributed by atoms with E-state index in [1.807, 2.05) is 0 Å². The van der Waals surface area contributed by atoms with Crippen LogP contribution in [0.15, 0.2) is 0 Å². The van der Waals surface area contributed by atoms with Crippen LogP contribution in [0, 0.1) is 5.92 Å². The summed E-state index contributed by atoms with van der Waals surface area (Å²) in [4.78, 5) is 15.9. The lowest BCUT2D eigenvalue weighted by atomic mass is 10.0. The van der Waals surface area contributed by atoms with E-state index >= 15 is 0 Å². The van der Waals surface area contributed by atoms with Crippen LogP contribution in [0.1, 0.15) is 13.8 Å². The average Bonchev–Trinajstić information content (AvgIpc) is 2.00. The molecule has 0 saturated carbocycles. The molecule has 0 heterocycles. The molecule has 0 rings (SSSR count). The zero-order chi connectivity index (χ0) is 9.02. The Kier molecular flexibility index (Phi) is 4.07. The maximum Gasteiger partial charge on any atom is 0.250 e. The third kappa shape index (κ3) is 2.86. The molecule has 0 aromatic carbocycles. The molecule has 2 unspecified atom stereocenters. The number of rotatable bonds is 3. The third-order valence-corrected chi connectivity index (χ3v) is 1.76. The van der Waals surface area contributed by atoms with Crippen LogP contribution in [0.25, 0.3) is 0 Å². The van der Waals surface area contributed by atoms with Gasteiger partial charge in [-0.15, -0.1) is 0 Å². The summed E-state index contributed by atoms with van der Waals surface area (Å²) in [5.74, 6) is -0.289. The maximum absolute atomic E-state index is 11.2. The minimum Gasteiger partial charge on any atom is -0.327 e. The van der Waals surface area contributed by atoms with Gasteiger partial charge >= 0.3 is 0 Å². The molecule has 4 nitrogen and oxygen atoms in total. The van der Waals surface area contributed by atoms with Gasteiger partial charge in [0.15, 0.2) is 0 Å². The molecule has 0 spiro atoms. The third-order valence-electron chi connectivity index (χ3n) is 1.76. The van der Waals surface area contributed by atoms with Crippen molar-refractivity contribution in [1.29, 1.82) is 0 Å². The summed E-state index contributed by atoms with van der Waals surface area (Å²) in [7, 11) is 3.02. The fraction of sp³-hybridized carbons (Fsp3) is 0.857. The lowest BCUT2D eigenvalue weighted by Crippen LogP contribution is -2.39. The highest BCUT2D eigenvalue weighted by Crippen LogP contribution is 2.03. The first-order chi connectivity index (χ1) is 5.00. The standard InChI is InChI=1S/C7H16N2O2/c1-5(6(2)8)7(10)9(3)11-4/h5-6H,8H2,1-4H3. The van der Waals surface area contributed by atoms with Crippen LogP contribution in [-0.4, -0.2) is 31.2 Å². The van der Waals surface area contributed by atoms with Gasteiger partial charge in [-0.05, 0) is 6.92 Å². The van der Waals surface area contributed by atoms with Gasteiger partial charge in [0.1, 0.15) is 0 Å². The summed E-state index contributed by atoms with van der Waals surface area (Å²) in [5.41, 5.74) is 5.53. The molecule has 0 saturated heterocycles. The smallest absolute Gasteiger partial charge is 0.250 e. The molecule has 2 N–H and O–H groups in total. The number of carbonyl (C=O) groups is 1. The number of nitrogens with two attached hydrogens (primary N) is 1. The Morgan fingerprint density at radius 1 is 1.55 bits per heavy atom. The van der Waals surface area contributed by atoms with Crippen molar-refractivity contribution >= 4 is 5.91 Å². The Bertz CT molecular complexity index is 136. The molecule has 0 bridgehead atoms. The first-order valence-electron chi connectivity index (χ1n) is 3.58. The van der Waals surface area contributed by atoms with E-state index in [1.165, 1.54) is 12.2 Å². The Balaban J connectivity index is 4.02. The minimum atomic E-state index is -0.194. The largest absolute Gasteiger partial charge is 0.327 e. The Morgan fingerprint density at radius 2 is 2.00 bits per heavy atom. The number of carbonyl (C=O) groups excluding carboxylic acids is 1. The van der Waals surface area contributed by atoms with E-state index < -0.39 is 0 Å². The van der Waals surface area contributed by atoms with Gasteiger partial charge < -0.3 is 5.73 Å². The van der Waals surface area contributed by atoms with Crippen LogP contribution in [0.4, 0.5) is 0 Å². The van der Waals surface area contributed by atoms with Crippen LogP contribution < -0.4 is 5.73 Å². The summed E-state index contributed by atoms with van der Waals surface area (Å²) >= 11 is 0. The number of nitrogens with zero attached hydrogens (tertiary/aromatic N) is 1. The SMILES string of the molecule is CON(C)C(=O)C(C)C(C)N. The molecule has 4 heteroatoms. The Hall–Kier alpha value is -0.610. The summed E-state index contributed by atoms with van der Waals surface area (Å²) in [6, 6.07) is -0.139. The zero-order valence-electron chi connectivity index (χ0n) is 7.50. The maximum atomic E-state index is 11.2. The summed E-state index contributed by atoms with van der Waals surface area (Å²) in [6.45, 7) is 3.58. The van der Waals surface area contributed by atoms with Crippen molar-refractivity contribution in [3.8, 4) is 0 Å². The van der Waals surface area contributed by atoms with Crippen LogP contribution in [-0.2, 0) is 9.63 Å². The number of hydroxylamine groups is 2. The Labute approximate surface area is 67.3 Å². The Morgan fingerprint density at radius 3 is 2.27 bits per heavy atom. The van der Waals surface area contributed by atoms with Crippen molar-refractivity contribution in [2.45, 2.75) is 19.9 Å². The van der Waals surface area contributed by atoms with Crippen molar-refractivity contribution in [3.05, 3.63) is 0 Å². The highest BCUT2D eigenvalue weighted by atomic mass is 16.7. The lowest BCUT2D eigenvalue weighted by molar-refractivity contribution is -0.173. The van der Waals surface area contributed by atoms with Crippen LogP contribution >= 0.6 is 0 Å². The predicted molar refractivity (Wildman–Crippen MR) is 42.6 cm³/mol. The van der Waals surface area contributed by atoms with Crippen LogP contribution in [0.2, 0.25) is 0 Å². The zero-order valence-corrected chi connectivity index (χ0v) is 7.50. The van der Waals surface area contributed by atoms with Gasteiger partial charge in [0.05, 0.1) is 13.0 Å². The molecule has 1 amide bonds. The second-order valence-electron chi connectivity index (χ2n) is 2.67. The molecular weight excluding hydrogens is 144 g/mol. The average molecular weight is 160 g/mol. The summed E-state index contributed by atoms with van der Waals surface area (Å²) < 4.78 is 0. The van der Waals surface area contributed by atoms with Crippen molar-refractivity contribution in [3.63, 3.8) is 0 Å². The molecule has 66 valence electrons. The molecule has 0 aromatic rings. The van der Waals surface area contributed by atoms with Gasteiger partial charge in [-0.25, -0.2) is 5.06 Å². The van der Waals surface area contributed by atoms with E-state index in [4.69, 9.17) is 10.6 Å². The molecule has 0 aliphatic heterocycles. The molecular formula is C7H16N2O2. The first-order valence-corrected chi connectivity index (χ1v) is 3.58. The highest BCUT2D eigenvalue weighted by molar-refractivity contribution is 5.77. The van der Waals surface area contributed by atoms with Gasteiger partial charge in [0.25, 0.3) is 0 Å². The fourth-order valence-corrected chi connectivity index (χ4v) is 0.602. The van der Waals surface area contributed by atoms with Gasteiger partial charge in [0.2, 0.25) is 5.91 Å². The molecule has 11 heavy (non-hydrogen) atoms.